The van der Waals surface area contributed by atoms with E-state index in [1.807, 2.05) is 38.1 Å². The van der Waals surface area contributed by atoms with Gasteiger partial charge in [0.15, 0.2) is 0 Å². The van der Waals surface area contributed by atoms with E-state index in [0.717, 1.165) is 35.3 Å². The molecular weight excluding hydrogens is 497 g/mol. The molecule has 1 unspecified atom stereocenters. The molecule has 2 aromatic carbocycles. The van der Waals surface area contributed by atoms with Crippen LogP contribution in [-0.2, 0) is 15.4 Å². The summed E-state index contributed by atoms with van der Waals surface area (Å²) in [5.41, 5.74) is 1.87. The van der Waals surface area contributed by atoms with Crippen molar-refractivity contribution in [2.75, 3.05) is 45.3 Å². The van der Waals surface area contributed by atoms with E-state index in [1.54, 1.807) is 25.1 Å². The number of nitrogens with zero attached hydrogens (tertiary/aromatic N) is 2. The van der Waals surface area contributed by atoms with Crippen molar-refractivity contribution >= 4 is 29.3 Å². The zero-order chi connectivity index (χ0) is 27.2. The highest BCUT2D eigenvalue weighted by Gasteiger charge is 2.50. The highest BCUT2D eigenvalue weighted by atomic mass is 35.5. The molecule has 0 saturated carbocycles. The highest BCUT2D eigenvalue weighted by molar-refractivity contribution is 6.17. The first-order valence-electron chi connectivity index (χ1n) is 12.5. The molecule has 0 spiro atoms. The second-order valence-corrected chi connectivity index (χ2v) is 10.7. The van der Waals surface area contributed by atoms with Gasteiger partial charge in [-0.3, -0.25) is 4.79 Å². The highest BCUT2D eigenvalue weighted by Crippen LogP contribution is 2.43. The van der Waals surface area contributed by atoms with Gasteiger partial charge in [-0.05, 0) is 59.2 Å². The maximum Gasteiger partial charge on any atom is 0.405 e. The summed E-state index contributed by atoms with van der Waals surface area (Å²) >= 11 is 6.36. The number of likely N-dealkylation sites (N-methyl/N-ethyl adjacent to an activating group) is 1. The molecule has 202 valence electrons. The van der Waals surface area contributed by atoms with Gasteiger partial charge in [0.25, 0.3) is 0 Å². The average Bonchev–Trinajstić information content (AvgIpc) is 2.86. The number of benzene rings is 2. The Bertz CT molecular complexity index is 1110. The minimum absolute atomic E-state index is 0.0633. The van der Waals surface area contributed by atoms with Crippen LogP contribution in [0.3, 0.4) is 0 Å². The number of piperidine rings is 1. The molecule has 3 rings (SSSR count). The Morgan fingerprint density at radius 3 is 2.62 bits per heavy atom. The monoisotopic (exact) mass is 533 g/mol. The number of carbonyl (C=O) groups is 2. The van der Waals surface area contributed by atoms with Crippen LogP contribution in [0.1, 0.15) is 38.7 Å². The lowest BCUT2D eigenvalue weighted by molar-refractivity contribution is -0.134. The molecule has 1 aliphatic rings. The number of carboxylic acid groups (broad SMARTS) is 1. The first kappa shape index (κ1) is 28.7. The van der Waals surface area contributed by atoms with Gasteiger partial charge < -0.3 is 25.0 Å². The van der Waals surface area contributed by atoms with Crippen LogP contribution in [0.25, 0.3) is 11.1 Å². The summed E-state index contributed by atoms with van der Waals surface area (Å²) in [6.45, 7) is 5.91. The van der Waals surface area contributed by atoms with Crippen molar-refractivity contribution in [3.8, 4) is 11.1 Å². The lowest BCUT2D eigenvalue weighted by atomic mass is 9.65. The number of hydrogen-bond donors (Lipinski definition) is 2. The zero-order valence-electron chi connectivity index (χ0n) is 22.0. The maximum atomic E-state index is 13.8. The summed E-state index contributed by atoms with van der Waals surface area (Å²) in [5.74, 6) is -0.119. The van der Waals surface area contributed by atoms with E-state index in [-0.39, 0.29) is 24.0 Å². The second kappa shape index (κ2) is 12.1. The number of anilines is 1. The Morgan fingerprint density at radius 1 is 1.24 bits per heavy atom. The number of alkyl halides is 1. The van der Waals surface area contributed by atoms with Crippen LogP contribution in [0.2, 0.25) is 0 Å². The van der Waals surface area contributed by atoms with Crippen LogP contribution in [0, 0.1) is 11.2 Å². The molecule has 2 N–H and O–H groups in total. The van der Waals surface area contributed by atoms with Crippen molar-refractivity contribution in [3.05, 3.63) is 53.8 Å². The van der Waals surface area contributed by atoms with Gasteiger partial charge in [-0.15, -0.1) is 11.6 Å². The molecule has 2 aromatic rings. The number of methoxy groups -OCH3 is 1. The van der Waals surface area contributed by atoms with Gasteiger partial charge in [-0.25, -0.2) is 9.18 Å². The first-order chi connectivity index (χ1) is 17.5. The number of rotatable bonds is 10. The Balaban J connectivity index is 1.91. The van der Waals surface area contributed by atoms with E-state index in [0.29, 0.717) is 26.1 Å². The molecule has 0 aliphatic carbocycles. The van der Waals surface area contributed by atoms with E-state index in [4.69, 9.17) is 16.3 Å². The zero-order valence-corrected chi connectivity index (χ0v) is 22.8. The van der Waals surface area contributed by atoms with E-state index in [2.05, 4.69) is 10.2 Å². The van der Waals surface area contributed by atoms with Gasteiger partial charge >= 0.3 is 6.09 Å². The molecule has 1 fully saturated rings. The fourth-order valence-corrected chi connectivity index (χ4v) is 5.39. The van der Waals surface area contributed by atoms with Gasteiger partial charge in [0.2, 0.25) is 5.91 Å². The third kappa shape index (κ3) is 6.73. The summed E-state index contributed by atoms with van der Waals surface area (Å²) in [6, 6.07) is 12.3. The normalized spacial score (nSPS) is 17.9. The average molecular weight is 534 g/mol. The van der Waals surface area contributed by atoms with Crippen molar-refractivity contribution in [1.29, 1.82) is 0 Å². The maximum absolute atomic E-state index is 13.8. The topological polar surface area (TPSA) is 82.1 Å². The van der Waals surface area contributed by atoms with Crippen LogP contribution in [0.15, 0.2) is 42.5 Å². The fourth-order valence-electron chi connectivity index (χ4n) is 5.17. The van der Waals surface area contributed by atoms with Crippen LogP contribution in [-0.4, -0.2) is 67.9 Å². The number of carbonyl (C=O) groups excluding carboxylic acids is 1. The quantitative estimate of drug-likeness (QED) is 0.402. The van der Waals surface area contributed by atoms with E-state index in [9.17, 15) is 19.1 Å². The SMILES string of the molecule is COCCN(C)C(=O)CC(C)(C)C1(NC(=O)O)CCCN(c2ccc(-c3cccc(F)c3)cc2CCl)C1. The lowest BCUT2D eigenvalue weighted by Gasteiger charge is -2.52. The molecule has 1 aliphatic heterocycles. The third-order valence-electron chi connectivity index (χ3n) is 7.51. The number of nitrogens with one attached hydrogen (secondary N) is 1. The molecule has 1 atom stereocenters. The molecule has 1 saturated heterocycles. The summed E-state index contributed by atoms with van der Waals surface area (Å²) in [6.07, 6.45) is 0.414. The van der Waals surface area contributed by atoms with Crippen molar-refractivity contribution in [1.82, 2.24) is 10.2 Å². The van der Waals surface area contributed by atoms with E-state index in [1.165, 1.54) is 12.1 Å². The van der Waals surface area contributed by atoms with E-state index >= 15 is 0 Å². The van der Waals surface area contributed by atoms with Gasteiger partial charge in [0, 0.05) is 51.8 Å². The fraction of sp³-hybridized carbons (Fsp3) is 0.500. The van der Waals surface area contributed by atoms with Crippen LogP contribution in [0.5, 0.6) is 0 Å². The molecule has 7 nitrogen and oxygen atoms in total. The summed E-state index contributed by atoms with van der Waals surface area (Å²) < 4.78 is 18.9. The van der Waals surface area contributed by atoms with Crippen molar-refractivity contribution in [2.24, 2.45) is 5.41 Å². The van der Waals surface area contributed by atoms with Crippen LogP contribution >= 0.6 is 11.6 Å². The van der Waals surface area contributed by atoms with Crippen LogP contribution < -0.4 is 10.2 Å². The van der Waals surface area contributed by atoms with Crippen molar-refractivity contribution < 1.29 is 23.8 Å². The number of amides is 2. The smallest absolute Gasteiger partial charge is 0.405 e. The Morgan fingerprint density at radius 2 is 1.97 bits per heavy atom. The Hall–Kier alpha value is -2.84. The lowest BCUT2D eigenvalue weighted by Crippen LogP contribution is -2.66. The predicted octanol–water partition coefficient (Wildman–Crippen LogP) is 5.36. The summed E-state index contributed by atoms with van der Waals surface area (Å²) in [5, 5.41) is 12.6. The van der Waals surface area contributed by atoms with Gasteiger partial charge in [-0.2, -0.15) is 0 Å². The largest absolute Gasteiger partial charge is 0.465 e. The molecule has 9 heteroatoms. The van der Waals surface area contributed by atoms with Gasteiger partial charge in [0.1, 0.15) is 5.82 Å². The van der Waals surface area contributed by atoms with Gasteiger partial charge in [-0.1, -0.05) is 32.0 Å². The third-order valence-corrected chi connectivity index (χ3v) is 7.79. The minimum Gasteiger partial charge on any atom is -0.465 e. The first-order valence-corrected chi connectivity index (χ1v) is 13.0. The molecular formula is C28H37ClFN3O4. The number of ether oxygens (including phenoxy) is 1. The molecule has 0 radical (unpaired) electrons. The number of halogens is 2. The predicted molar refractivity (Wildman–Crippen MR) is 145 cm³/mol. The Kier molecular flexibility index (Phi) is 9.42. The standard InChI is InChI=1S/C28H37ClFN3O4/c1-27(2,17-25(34)32(3)13-14-37-4)28(31-26(35)36)11-6-12-33(19-28)24-10-9-21(15-22(24)18-29)20-7-5-8-23(30)16-20/h5,7-10,15-16,31H,6,11-14,17-19H2,1-4H3,(H,35,36). The van der Waals surface area contributed by atoms with Crippen molar-refractivity contribution in [3.63, 3.8) is 0 Å². The van der Waals surface area contributed by atoms with Crippen molar-refractivity contribution in [2.45, 2.75) is 44.5 Å². The molecule has 37 heavy (non-hydrogen) atoms. The van der Waals surface area contributed by atoms with Crippen LogP contribution in [0.4, 0.5) is 14.9 Å². The number of hydrogen-bond acceptors (Lipinski definition) is 4. The molecule has 2 amide bonds. The molecule has 1 heterocycles. The summed E-state index contributed by atoms with van der Waals surface area (Å²) in [7, 11) is 3.32. The molecule has 0 aromatic heterocycles. The van der Waals surface area contributed by atoms with Gasteiger partial charge in [0.05, 0.1) is 12.1 Å². The Labute approximate surface area is 223 Å². The summed E-state index contributed by atoms with van der Waals surface area (Å²) in [4.78, 5) is 28.8. The van der Waals surface area contributed by atoms with E-state index < -0.39 is 17.0 Å². The molecule has 0 bridgehead atoms. The second-order valence-electron chi connectivity index (χ2n) is 10.4. The minimum atomic E-state index is -1.12.